The van der Waals surface area contributed by atoms with Gasteiger partial charge in [-0.1, -0.05) is 36.4 Å². The van der Waals surface area contributed by atoms with Crippen molar-refractivity contribution in [1.82, 2.24) is 4.90 Å². The Labute approximate surface area is 164 Å². The monoisotopic (exact) mass is 380 g/mol. The summed E-state index contributed by atoms with van der Waals surface area (Å²) in [6.45, 7) is 4.06. The molecule has 1 amide bonds. The van der Waals surface area contributed by atoms with E-state index >= 15 is 0 Å². The fraction of sp³-hybridized carbons (Fsp3) is 0.409. The molecule has 0 spiro atoms. The van der Waals surface area contributed by atoms with Crippen molar-refractivity contribution in [3.8, 4) is 0 Å². The van der Waals surface area contributed by atoms with Crippen molar-refractivity contribution in [2.24, 2.45) is 5.92 Å². The second-order valence-corrected chi connectivity index (χ2v) is 7.93. The number of quaternary nitrogens is 1. The van der Waals surface area contributed by atoms with Gasteiger partial charge in [-0.05, 0) is 30.4 Å². The number of likely N-dealkylation sites (tertiary alicyclic amines) is 1. The molecule has 28 heavy (non-hydrogen) atoms. The number of nitro benzene ring substituents is 1. The van der Waals surface area contributed by atoms with Gasteiger partial charge in [0, 0.05) is 30.8 Å². The minimum atomic E-state index is -0.352. The first kappa shape index (κ1) is 18.6. The lowest BCUT2D eigenvalue weighted by Gasteiger charge is -2.35. The van der Waals surface area contributed by atoms with Gasteiger partial charge in [-0.15, -0.1) is 0 Å². The van der Waals surface area contributed by atoms with Gasteiger partial charge < -0.3 is 9.80 Å². The first-order valence-electron chi connectivity index (χ1n) is 10.0. The van der Waals surface area contributed by atoms with E-state index in [0.29, 0.717) is 6.54 Å². The summed E-state index contributed by atoms with van der Waals surface area (Å²) in [6, 6.07) is 15.2. The summed E-state index contributed by atoms with van der Waals surface area (Å²) in [6.07, 6.45) is 2.89. The Bertz CT molecular complexity index is 883. The zero-order valence-corrected chi connectivity index (χ0v) is 16.0. The van der Waals surface area contributed by atoms with Crippen LogP contribution in [0, 0.1) is 16.0 Å². The highest BCUT2D eigenvalue weighted by Crippen LogP contribution is 2.22. The normalized spacial score (nSPS) is 21.8. The molecule has 2 heterocycles. The number of non-ortho nitro benzene ring substituents is 1. The van der Waals surface area contributed by atoms with Crippen molar-refractivity contribution in [1.29, 1.82) is 0 Å². The molecule has 0 bridgehead atoms. The summed E-state index contributed by atoms with van der Waals surface area (Å²) in [5, 5.41) is 11.0. The number of nitro groups is 1. The lowest BCUT2D eigenvalue weighted by molar-refractivity contribution is -0.921. The maximum Gasteiger partial charge on any atom is 0.269 e. The van der Waals surface area contributed by atoms with Crippen molar-refractivity contribution in [3.63, 3.8) is 0 Å². The number of hydrogen-bond acceptors (Lipinski definition) is 3. The molecule has 6 nitrogen and oxygen atoms in total. The zero-order valence-electron chi connectivity index (χ0n) is 16.0. The lowest BCUT2D eigenvalue weighted by Crippen LogP contribution is -3.12. The molecule has 1 unspecified atom stereocenters. The molecule has 2 aliphatic heterocycles. The molecule has 0 aromatic heterocycles. The van der Waals surface area contributed by atoms with Crippen LogP contribution in [0.15, 0.2) is 48.5 Å². The molecule has 2 aromatic rings. The van der Waals surface area contributed by atoms with Gasteiger partial charge in [0.15, 0.2) is 0 Å². The lowest BCUT2D eigenvalue weighted by atomic mass is 9.93. The molecule has 146 valence electrons. The minimum absolute atomic E-state index is 0.0488. The van der Waals surface area contributed by atoms with Crippen molar-refractivity contribution in [3.05, 3.63) is 75.3 Å². The SMILES string of the molecule is O=C([C@@H]1CCC[NH+](Cc2cccc([N+](=O)[O-])c2)C1)N1CCc2ccccc2C1. The Morgan fingerprint density at radius 3 is 2.82 bits per heavy atom. The number of fused-ring (bicyclic) bond motifs is 1. The fourth-order valence-corrected chi connectivity index (χ4v) is 4.53. The first-order chi connectivity index (χ1) is 13.6. The summed E-state index contributed by atoms with van der Waals surface area (Å²) >= 11 is 0. The third-order valence-electron chi connectivity index (χ3n) is 5.99. The van der Waals surface area contributed by atoms with Gasteiger partial charge in [-0.25, -0.2) is 0 Å². The number of benzene rings is 2. The van der Waals surface area contributed by atoms with Crippen LogP contribution in [0.5, 0.6) is 0 Å². The largest absolute Gasteiger partial charge is 0.338 e. The van der Waals surface area contributed by atoms with Crippen molar-refractivity contribution in [2.75, 3.05) is 19.6 Å². The van der Waals surface area contributed by atoms with Gasteiger partial charge in [0.25, 0.3) is 5.69 Å². The Morgan fingerprint density at radius 1 is 1.18 bits per heavy atom. The molecule has 0 aliphatic carbocycles. The van der Waals surface area contributed by atoms with Gasteiger partial charge in [0.1, 0.15) is 6.54 Å². The van der Waals surface area contributed by atoms with E-state index in [2.05, 4.69) is 18.2 Å². The summed E-state index contributed by atoms with van der Waals surface area (Å²) in [4.78, 5) is 27.1. The Balaban J connectivity index is 1.39. The highest BCUT2D eigenvalue weighted by Gasteiger charge is 2.33. The maximum absolute atomic E-state index is 13.1. The van der Waals surface area contributed by atoms with Crippen LogP contribution in [0.4, 0.5) is 5.69 Å². The smallest absolute Gasteiger partial charge is 0.269 e. The Kier molecular flexibility index (Phi) is 5.39. The minimum Gasteiger partial charge on any atom is -0.338 e. The number of nitrogens with zero attached hydrogens (tertiary/aromatic N) is 2. The van der Waals surface area contributed by atoms with Gasteiger partial charge in [0.05, 0.1) is 23.9 Å². The highest BCUT2D eigenvalue weighted by atomic mass is 16.6. The van der Waals surface area contributed by atoms with Crippen LogP contribution in [0.25, 0.3) is 0 Å². The molecular weight excluding hydrogens is 354 g/mol. The van der Waals surface area contributed by atoms with E-state index in [9.17, 15) is 14.9 Å². The number of carbonyl (C=O) groups is 1. The zero-order chi connectivity index (χ0) is 19.5. The molecule has 0 saturated carbocycles. The molecule has 1 saturated heterocycles. The summed E-state index contributed by atoms with van der Waals surface area (Å²) < 4.78 is 0. The Morgan fingerprint density at radius 2 is 2.00 bits per heavy atom. The average molecular weight is 380 g/mol. The van der Waals surface area contributed by atoms with E-state index < -0.39 is 0 Å². The Hall–Kier alpha value is -2.73. The highest BCUT2D eigenvalue weighted by molar-refractivity contribution is 5.79. The number of piperidine rings is 1. The van der Waals surface area contributed by atoms with Gasteiger partial charge >= 0.3 is 0 Å². The standard InChI is InChI=1S/C22H25N3O3/c26-22(24-12-10-18-6-1-2-7-19(18)16-24)20-8-4-11-23(15-20)14-17-5-3-9-21(13-17)25(27)28/h1-3,5-7,9,13,20H,4,8,10-12,14-16H2/p+1/t20-/m1/s1. The van der Waals surface area contributed by atoms with Crippen molar-refractivity contribution in [2.45, 2.75) is 32.4 Å². The van der Waals surface area contributed by atoms with Crippen LogP contribution in [-0.2, 0) is 24.3 Å². The number of rotatable bonds is 4. The molecule has 2 atom stereocenters. The van der Waals surface area contributed by atoms with Crippen LogP contribution in [0.2, 0.25) is 0 Å². The van der Waals surface area contributed by atoms with Gasteiger partial charge in [-0.3, -0.25) is 14.9 Å². The van der Waals surface area contributed by atoms with Crippen LogP contribution >= 0.6 is 0 Å². The van der Waals surface area contributed by atoms with Gasteiger partial charge in [-0.2, -0.15) is 0 Å². The van der Waals surface area contributed by atoms with Crippen LogP contribution in [0.3, 0.4) is 0 Å². The summed E-state index contributed by atoms with van der Waals surface area (Å²) in [5.41, 5.74) is 3.71. The van der Waals surface area contributed by atoms with E-state index in [-0.39, 0.29) is 22.4 Å². The van der Waals surface area contributed by atoms with E-state index in [1.54, 1.807) is 12.1 Å². The molecule has 1 fully saturated rings. The van der Waals surface area contributed by atoms with Crippen molar-refractivity contribution >= 4 is 11.6 Å². The second kappa shape index (κ2) is 8.10. The molecule has 2 aromatic carbocycles. The predicted octanol–water partition coefficient (Wildman–Crippen LogP) is 1.97. The number of carbonyl (C=O) groups excluding carboxylic acids is 1. The van der Waals surface area contributed by atoms with Crippen LogP contribution in [-0.4, -0.2) is 35.4 Å². The van der Waals surface area contributed by atoms with Gasteiger partial charge in [0.2, 0.25) is 5.91 Å². The van der Waals surface area contributed by atoms with Crippen LogP contribution in [0.1, 0.15) is 29.5 Å². The fourth-order valence-electron chi connectivity index (χ4n) is 4.53. The van der Waals surface area contributed by atoms with E-state index in [0.717, 1.165) is 51.0 Å². The van der Waals surface area contributed by atoms with Crippen LogP contribution < -0.4 is 4.90 Å². The number of hydrogen-bond donors (Lipinski definition) is 1. The molecule has 0 radical (unpaired) electrons. The first-order valence-corrected chi connectivity index (χ1v) is 10.0. The molecule has 6 heteroatoms. The van der Waals surface area contributed by atoms with E-state index in [4.69, 9.17) is 0 Å². The molecular formula is C22H26N3O3+. The molecule has 4 rings (SSSR count). The predicted molar refractivity (Wildman–Crippen MR) is 106 cm³/mol. The van der Waals surface area contributed by atoms with E-state index in [1.165, 1.54) is 22.1 Å². The average Bonchev–Trinajstić information content (AvgIpc) is 2.73. The molecule has 1 N–H and O–H groups in total. The third kappa shape index (κ3) is 4.07. The third-order valence-corrected chi connectivity index (χ3v) is 5.99. The number of amides is 1. The maximum atomic E-state index is 13.1. The second-order valence-electron chi connectivity index (χ2n) is 7.93. The summed E-state index contributed by atoms with van der Waals surface area (Å²) in [7, 11) is 0. The van der Waals surface area contributed by atoms with E-state index in [1.807, 2.05) is 17.0 Å². The topological polar surface area (TPSA) is 67.9 Å². The summed E-state index contributed by atoms with van der Waals surface area (Å²) in [5.74, 6) is 0.318. The number of nitrogens with one attached hydrogen (secondary N) is 1. The quantitative estimate of drug-likeness (QED) is 0.651. The van der Waals surface area contributed by atoms with Crippen molar-refractivity contribution < 1.29 is 14.6 Å². The molecule has 2 aliphatic rings.